The molecule has 3 aromatic rings. The van der Waals surface area contributed by atoms with Gasteiger partial charge in [0.15, 0.2) is 0 Å². The Kier molecular flexibility index (Phi) is 8.30. The Labute approximate surface area is 207 Å². The van der Waals surface area contributed by atoms with Gasteiger partial charge in [0.25, 0.3) is 15.9 Å². The highest BCUT2D eigenvalue weighted by Crippen LogP contribution is 2.32. The molecule has 8 nitrogen and oxygen atoms in total. The van der Waals surface area contributed by atoms with Gasteiger partial charge >= 0.3 is 0 Å². The van der Waals surface area contributed by atoms with Crippen LogP contribution >= 0.6 is 15.9 Å². The van der Waals surface area contributed by atoms with Crippen molar-refractivity contribution < 1.29 is 22.7 Å². The summed E-state index contributed by atoms with van der Waals surface area (Å²) in [6.07, 6.45) is 0. The van der Waals surface area contributed by atoms with Gasteiger partial charge in [0.2, 0.25) is 0 Å². The number of halogens is 1. The van der Waals surface area contributed by atoms with E-state index in [4.69, 9.17) is 9.47 Å². The summed E-state index contributed by atoms with van der Waals surface area (Å²) in [4.78, 5) is 12.8. The van der Waals surface area contributed by atoms with E-state index in [1.807, 2.05) is 24.3 Å². The lowest BCUT2D eigenvalue weighted by atomic mass is 10.1. The second-order valence-corrected chi connectivity index (χ2v) is 9.88. The molecule has 34 heavy (non-hydrogen) atoms. The van der Waals surface area contributed by atoms with Crippen LogP contribution in [0.2, 0.25) is 0 Å². The van der Waals surface area contributed by atoms with Crippen molar-refractivity contribution in [1.82, 2.24) is 5.43 Å². The first-order valence-corrected chi connectivity index (χ1v) is 12.4. The molecule has 0 aromatic heterocycles. The lowest BCUT2D eigenvalue weighted by Gasteiger charge is -2.25. The smallest absolute Gasteiger partial charge is 0.264 e. The Morgan fingerprint density at radius 1 is 0.971 bits per heavy atom. The largest absolute Gasteiger partial charge is 0.497 e. The third kappa shape index (κ3) is 5.95. The van der Waals surface area contributed by atoms with E-state index >= 15 is 0 Å². The normalized spacial score (nSPS) is 11.6. The van der Waals surface area contributed by atoms with E-state index in [1.165, 1.54) is 26.4 Å². The minimum atomic E-state index is -4.12. The predicted molar refractivity (Wildman–Crippen MR) is 135 cm³/mol. The van der Waals surface area contributed by atoms with Crippen LogP contribution in [0.3, 0.4) is 0 Å². The molecule has 0 heterocycles. The lowest BCUT2D eigenvalue weighted by Crippen LogP contribution is -2.40. The number of amides is 1. The van der Waals surface area contributed by atoms with Crippen molar-refractivity contribution in [2.24, 2.45) is 5.10 Å². The fraction of sp³-hybridized carbons (Fsp3) is 0.167. The maximum atomic E-state index is 13.5. The Hall–Kier alpha value is -3.37. The van der Waals surface area contributed by atoms with Gasteiger partial charge < -0.3 is 9.47 Å². The van der Waals surface area contributed by atoms with Gasteiger partial charge in [-0.15, -0.1) is 0 Å². The Morgan fingerprint density at radius 3 is 2.24 bits per heavy atom. The number of hydrogen-bond donors (Lipinski definition) is 1. The number of methoxy groups -OCH3 is 2. The van der Waals surface area contributed by atoms with Crippen molar-refractivity contribution in [1.29, 1.82) is 0 Å². The van der Waals surface area contributed by atoms with Crippen LogP contribution in [0, 0.1) is 0 Å². The Balaban J connectivity index is 1.91. The molecule has 1 N–H and O–H groups in total. The van der Waals surface area contributed by atoms with Crippen molar-refractivity contribution in [3.8, 4) is 11.5 Å². The molecule has 0 saturated carbocycles. The summed E-state index contributed by atoms with van der Waals surface area (Å²) >= 11 is 3.37. The van der Waals surface area contributed by atoms with Crippen LogP contribution in [-0.2, 0) is 14.8 Å². The van der Waals surface area contributed by atoms with Crippen molar-refractivity contribution in [3.05, 3.63) is 82.8 Å². The van der Waals surface area contributed by atoms with Gasteiger partial charge in [0.1, 0.15) is 18.0 Å². The van der Waals surface area contributed by atoms with Gasteiger partial charge in [-0.2, -0.15) is 5.10 Å². The first-order chi connectivity index (χ1) is 16.3. The molecule has 0 fully saturated rings. The van der Waals surface area contributed by atoms with Crippen LogP contribution in [0.5, 0.6) is 11.5 Å². The number of hydrogen-bond acceptors (Lipinski definition) is 6. The number of carbonyl (C=O) groups is 1. The SMILES string of the molecule is COc1ccc(S(=O)(=O)N(CC(=O)N/N=C(/C)c2ccc(Br)cc2)c2ccccc2OC)cc1. The fourth-order valence-electron chi connectivity index (χ4n) is 3.08. The van der Waals surface area contributed by atoms with Crippen LogP contribution in [-0.4, -0.2) is 40.8 Å². The van der Waals surface area contributed by atoms with Gasteiger partial charge in [0, 0.05) is 4.47 Å². The molecule has 0 aliphatic rings. The van der Waals surface area contributed by atoms with Crippen LogP contribution in [0.25, 0.3) is 0 Å². The van der Waals surface area contributed by atoms with Gasteiger partial charge in [0.05, 0.1) is 30.5 Å². The van der Waals surface area contributed by atoms with Crippen molar-refractivity contribution in [3.63, 3.8) is 0 Å². The standard InChI is InChI=1S/C24H24BrN3O5S/c1-17(18-8-10-19(25)11-9-18)26-27-24(29)16-28(22-6-4-5-7-23(22)33-3)34(30,31)21-14-12-20(32-2)13-15-21/h4-15H,16H2,1-3H3,(H,27,29)/b26-17-. The molecule has 0 radical (unpaired) electrons. The van der Waals surface area contributed by atoms with E-state index in [1.54, 1.807) is 43.3 Å². The van der Waals surface area contributed by atoms with Crippen LogP contribution in [0.15, 0.2) is 87.3 Å². The summed E-state index contributed by atoms with van der Waals surface area (Å²) in [5.74, 6) is 0.208. The predicted octanol–water partition coefficient (Wildman–Crippen LogP) is 4.20. The number of hydrazone groups is 1. The first kappa shape index (κ1) is 25.3. The first-order valence-electron chi connectivity index (χ1n) is 10.1. The van der Waals surface area contributed by atoms with Gasteiger partial charge in [-0.3, -0.25) is 9.10 Å². The van der Waals surface area contributed by atoms with Crippen LogP contribution < -0.4 is 19.2 Å². The van der Waals surface area contributed by atoms with Crippen LogP contribution in [0.4, 0.5) is 5.69 Å². The van der Waals surface area contributed by atoms with E-state index in [2.05, 4.69) is 26.5 Å². The molecule has 0 aliphatic heterocycles. The molecule has 0 unspecified atom stereocenters. The zero-order valence-corrected chi connectivity index (χ0v) is 21.3. The number of anilines is 1. The van der Waals surface area contributed by atoms with Gasteiger partial charge in [-0.1, -0.05) is 40.2 Å². The summed E-state index contributed by atoms with van der Waals surface area (Å²) < 4.78 is 39.5. The number of rotatable bonds is 9. The molecule has 0 saturated heterocycles. The number of nitrogens with zero attached hydrogens (tertiary/aromatic N) is 2. The van der Waals surface area contributed by atoms with E-state index in [-0.39, 0.29) is 10.6 Å². The zero-order chi connectivity index (χ0) is 24.7. The molecule has 3 aromatic carbocycles. The highest BCUT2D eigenvalue weighted by Gasteiger charge is 2.29. The highest BCUT2D eigenvalue weighted by molar-refractivity contribution is 9.10. The quantitative estimate of drug-likeness (QED) is 0.321. The number of benzene rings is 3. The second-order valence-electron chi connectivity index (χ2n) is 7.10. The van der Waals surface area contributed by atoms with Crippen molar-refractivity contribution in [2.75, 3.05) is 25.1 Å². The molecule has 0 atom stereocenters. The van der Waals surface area contributed by atoms with Crippen LogP contribution in [0.1, 0.15) is 12.5 Å². The summed E-state index contributed by atoms with van der Waals surface area (Å²) in [7, 11) is -1.19. The summed E-state index contributed by atoms with van der Waals surface area (Å²) in [6.45, 7) is 1.24. The fourth-order valence-corrected chi connectivity index (χ4v) is 4.77. The number of nitrogens with one attached hydrogen (secondary N) is 1. The van der Waals surface area contributed by atoms with E-state index < -0.39 is 22.5 Å². The molecular formula is C24H24BrN3O5S. The average Bonchev–Trinajstić information content (AvgIpc) is 2.86. The molecule has 1 amide bonds. The Bertz CT molecular complexity index is 1280. The van der Waals surface area contributed by atoms with Gasteiger partial charge in [-0.25, -0.2) is 13.8 Å². The average molecular weight is 546 g/mol. The molecule has 3 rings (SSSR count). The molecule has 0 bridgehead atoms. The lowest BCUT2D eigenvalue weighted by molar-refractivity contribution is -0.119. The molecule has 0 spiro atoms. The van der Waals surface area contributed by atoms with Gasteiger partial charge in [-0.05, 0) is 61.0 Å². The molecular weight excluding hydrogens is 522 g/mol. The van der Waals surface area contributed by atoms with E-state index in [9.17, 15) is 13.2 Å². The minimum Gasteiger partial charge on any atom is -0.497 e. The molecule has 10 heteroatoms. The third-order valence-electron chi connectivity index (χ3n) is 4.90. The third-order valence-corrected chi connectivity index (χ3v) is 7.20. The molecule has 178 valence electrons. The summed E-state index contributed by atoms with van der Waals surface area (Å²) in [6, 6.07) is 19.9. The van der Waals surface area contributed by atoms with Crippen molar-refractivity contribution >= 4 is 43.3 Å². The molecule has 0 aliphatic carbocycles. The summed E-state index contributed by atoms with van der Waals surface area (Å²) in [5.41, 5.74) is 4.06. The second kappa shape index (κ2) is 11.2. The topological polar surface area (TPSA) is 97.3 Å². The number of ether oxygens (including phenoxy) is 2. The van der Waals surface area contributed by atoms with E-state index in [0.717, 1.165) is 14.3 Å². The minimum absolute atomic E-state index is 0.00144. The Morgan fingerprint density at radius 2 is 1.62 bits per heavy atom. The number of para-hydroxylation sites is 2. The monoisotopic (exact) mass is 545 g/mol. The number of carbonyl (C=O) groups excluding carboxylic acids is 1. The summed E-state index contributed by atoms with van der Waals surface area (Å²) in [5, 5.41) is 4.12. The maximum absolute atomic E-state index is 13.5. The zero-order valence-electron chi connectivity index (χ0n) is 18.9. The van der Waals surface area contributed by atoms with Crippen molar-refractivity contribution in [2.45, 2.75) is 11.8 Å². The highest BCUT2D eigenvalue weighted by atomic mass is 79.9. The number of sulfonamides is 1. The van der Waals surface area contributed by atoms with E-state index in [0.29, 0.717) is 17.2 Å². The maximum Gasteiger partial charge on any atom is 0.264 e.